The highest BCUT2D eigenvalue weighted by molar-refractivity contribution is 5.70. The normalized spacial score (nSPS) is 13.7. The van der Waals surface area contributed by atoms with E-state index in [1.165, 1.54) is 0 Å². The van der Waals surface area contributed by atoms with Crippen molar-refractivity contribution < 1.29 is 14.4 Å². The number of anilines is 1. The molecule has 2 rings (SSSR count). The molecule has 0 bridgehead atoms. The maximum Gasteiger partial charge on any atom is 0.391 e. The lowest BCUT2D eigenvalue weighted by molar-refractivity contribution is -0.388. The van der Waals surface area contributed by atoms with Gasteiger partial charge in [0.1, 0.15) is 13.2 Å². The molecule has 1 aliphatic heterocycles. The maximum absolute atomic E-state index is 10.6. The third kappa shape index (κ3) is 1.41. The molecule has 1 aliphatic rings. The average molecular weight is 211 g/mol. The van der Waals surface area contributed by atoms with Crippen molar-refractivity contribution in [3.63, 3.8) is 0 Å². The van der Waals surface area contributed by atoms with Gasteiger partial charge >= 0.3 is 5.82 Å². The van der Waals surface area contributed by atoms with Crippen LogP contribution in [0.4, 0.5) is 11.5 Å². The number of nitrogens with zero attached hydrogens (tertiary/aromatic N) is 2. The van der Waals surface area contributed by atoms with Gasteiger partial charge in [-0.3, -0.25) is 0 Å². The summed E-state index contributed by atoms with van der Waals surface area (Å²) in [6, 6.07) is 0. The first kappa shape index (κ1) is 9.50. The highest BCUT2D eigenvalue weighted by atomic mass is 16.6. The molecule has 0 aromatic carbocycles. The third-order valence-corrected chi connectivity index (χ3v) is 2.04. The van der Waals surface area contributed by atoms with Gasteiger partial charge in [0.05, 0.1) is 0 Å². The van der Waals surface area contributed by atoms with Gasteiger partial charge < -0.3 is 25.3 Å². The molecule has 0 fully saturated rings. The minimum absolute atomic E-state index is 0.0831. The molecule has 0 amide bonds. The molecule has 0 aliphatic carbocycles. The van der Waals surface area contributed by atoms with Gasteiger partial charge in [-0.05, 0) is 9.91 Å². The Labute approximate surface area is 85.0 Å². The Morgan fingerprint density at radius 2 is 2.00 bits per heavy atom. The Hall–Kier alpha value is -2.05. The third-order valence-electron chi connectivity index (χ3n) is 2.04. The van der Waals surface area contributed by atoms with E-state index in [9.17, 15) is 10.1 Å². The Morgan fingerprint density at radius 3 is 2.60 bits per heavy atom. The Balaban J connectivity index is 2.64. The number of rotatable bonds is 1. The number of hydrogen-bond donors (Lipinski definition) is 1. The highest BCUT2D eigenvalue weighted by Crippen LogP contribution is 2.41. The van der Waals surface area contributed by atoms with E-state index in [0.29, 0.717) is 24.7 Å². The predicted octanol–water partition coefficient (Wildman–Crippen LogP) is 0.652. The van der Waals surface area contributed by atoms with Crippen LogP contribution in [0.15, 0.2) is 0 Å². The molecule has 2 N–H and O–H groups in total. The standard InChI is InChI=1S/C8H9N3O4/c1-4-6-7(15-3-2-14-6)5(9)8(10-4)11(12)13/h2-3,9H2,1H3. The fraction of sp³-hybridized carbons (Fsp3) is 0.375. The molecule has 0 atom stereocenters. The van der Waals surface area contributed by atoms with E-state index in [1.807, 2.05) is 0 Å². The van der Waals surface area contributed by atoms with Gasteiger partial charge in [-0.25, -0.2) is 0 Å². The lowest BCUT2D eigenvalue weighted by Gasteiger charge is -2.19. The van der Waals surface area contributed by atoms with E-state index in [4.69, 9.17) is 15.2 Å². The summed E-state index contributed by atoms with van der Waals surface area (Å²) in [5.74, 6) is 0.224. The summed E-state index contributed by atoms with van der Waals surface area (Å²) in [7, 11) is 0. The number of fused-ring (bicyclic) bond motifs is 1. The molecule has 1 aromatic rings. The zero-order valence-corrected chi connectivity index (χ0v) is 8.02. The molecule has 0 saturated carbocycles. The van der Waals surface area contributed by atoms with Gasteiger partial charge in [0.25, 0.3) is 0 Å². The molecule has 0 saturated heterocycles. The monoisotopic (exact) mass is 211 g/mol. The minimum Gasteiger partial charge on any atom is -0.484 e. The number of aryl methyl sites for hydroxylation is 1. The minimum atomic E-state index is -0.638. The number of nitro groups is 1. The summed E-state index contributed by atoms with van der Waals surface area (Å²) >= 11 is 0. The molecular weight excluding hydrogens is 202 g/mol. The molecule has 0 spiro atoms. The number of nitrogens with two attached hydrogens (primary N) is 1. The molecule has 0 radical (unpaired) electrons. The molecular formula is C8H9N3O4. The van der Waals surface area contributed by atoms with Crippen molar-refractivity contribution in [3.8, 4) is 11.5 Å². The van der Waals surface area contributed by atoms with Gasteiger partial charge in [-0.1, -0.05) is 0 Å². The van der Waals surface area contributed by atoms with Crippen LogP contribution in [-0.4, -0.2) is 23.1 Å². The van der Waals surface area contributed by atoms with Crippen LogP contribution in [0.3, 0.4) is 0 Å². The molecule has 7 nitrogen and oxygen atoms in total. The number of nitrogen functional groups attached to an aromatic ring is 1. The summed E-state index contributed by atoms with van der Waals surface area (Å²) in [4.78, 5) is 13.7. The van der Waals surface area contributed by atoms with Crippen molar-refractivity contribution in [1.82, 2.24) is 4.98 Å². The van der Waals surface area contributed by atoms with Crippen LogP contribution >= 0.6 is 0 Å². The Kier molecular flexibility index (Phi) is 2.07. The molecule has 7 heteroatoms. The zero-order valence-electron chi connectivity index (χ0n) is 8.02. The second kappa shape index (κ2) is 3.26. The second-order valence-corrected chi connectivity index (χ2v) is 3.05. The van der Waals surface area contributed by atoms with Crippen LogP contribution in [-0.2, 0) is 0 Å². The summed E-state index contributed by atoms with van der Waals surface area (Å²) < 4.78 is 10.5. The van der Waals surface area contributed by atoms with E-state index in [2.05, 4.69) is 4.98 Å². The molecule has 1 aromatic heterocycles. The molecule has 0 unspecified atom stereocenters. The van der Waals surface area contributed by atoms with E-state index < -0.39 is 10.7 Å². The SMILES string of the molecule is Cc1nc([N+](=O)[O-])c(N)c2c1OCCO2. The number of aromatic nitrogens is 1. The van der Waals surface area contributed by atoms with E-state index in [1.54, 1.807) is 6.92 Å². The van der Waals surface area contributed by atoms with Crippen molar-refractivity contribution in [3.05, 3.63) is 15.8 Å². The smallest absolute Gasteiger partial charge is 0.391 e. The predicted molar refractivity (Wildman–Crippen MR) is 51.0 cm³/mol. The Morgan fingerprint density at radius 1 is 1.40 bits per heavy atom. The van der Waals surface area contributed by atoms with Gasteiger partial charge in [-0.15, -0.1) is 0 Å². The highest BCUT2D eigenvalue weighted by Gasteiger charge is 2.28. The van der Waals surface area contributed by atoms with Gasteiger partial charge in [0.2, 0.25) is 5.75 Å². The first-order chi connectivity index (χ1) is 7.11. The van der Waals surface area contributed by atoms with Crippen molar-refractivity contribution in [2.45, 2.75) is 6.92 Å². The van der Waals surface area contributed by atoms with Crippen LogP contribution in [0.25, 0.3) is 0 Å². The van der Waals surface area contributed by atoms with Crippen LogP contribution in [0, 0.1) is 17.0 Å². The maximum atomic E-state index is 10.6. The topological polar surface area (TPSA) is 101 Å². The number of ether oxygens (including phenoxy) is 2. The van der Waals surface area contributed by atoms with Crippen LogP contribution in [0.5, 0.6) is 11.5 Å². The quantitative estimate of drug-likeness (QED) is 0.540. The fourth-order valence-electron chi connectivity index (χ4n) is 1.40. The van der Waals surface area contributed by atoms with E-state index in [0.717, 1.165) is 0 Å². The van der Waals surface area contributed by atoms with Crippen molar-refractivity contribution in [2.24, 2.45) is 0 Å². The number of pyridine rings is 1. The van der Waals surface area contributed by atoms with E-state index in [-0.39, 0.29) is 11.4 Å². The van der Waals surface area contributed by atoms with Gasteiger partial charge in [0, 0.05) is 6.92 Å². The number of hydrogen-bond acceptors (Lipinski definition) is 6. The summed E-state index contributed by atoms with van der Waals surface area (Å²) in [5.41, 5.74) is 5.89. The van der Waals surface area contributed by atoms with E-state index >= 15 is 0 Å². The van der Waals surface area contributed by atoms with Gasteiger partial charge in [0.15, 0.2) is 17.1 Å². The lowest BCUT2D eigenvalue weighted by atomic mass is 10.2. The summed E-state index contributed by atoms with van der Waals surface area (Å²) in [6.45, 7) is 2.34. The van der Waals surface area contributed by atoms with Crippen LogP contribution in [0.2, 0.25) is 0 Å². The molecule has 15 heavy (non-hydrogen) atoms. The van der Waals surface area contributed by atoms with Crippen LogP contribution in [0.1, 0.15) is 5.69 Å². The zero-order chi connectivity index (χ0) is 11.0. The first-order valence-electron chi connectivity index (χ1n) is 4.31. The molecule has 80 valence electrons. The van der Waals surface area contributed by atoms with Gasteiger partial charge in [-0.2, -0.15) is 0 Å². The summed E-state index contributed by atoms with van der Waals surface area (Å²) in [5, 5.41) is 10.6. The van der Waals surface area contributed by atoms with Crippen molar-refractivity contribution in [2.75, 3.05) is 18.9 Å². The average Bonchev–Trinajstić information content (AvgIpc) is 2.23. The second-order valence-electron chi connectivity index (χ2n) is 3.05. The molecule has 2 heterocycles. The summed E-state index contributed by atoms with van der Waals surface area (Å²) in [6.07, 6.45) is 0. The largest absolute Gasteiger partial charge is 0.484 e. The first-order valence-corrected chi connectivity index (χ1v) is 4.31. The van der Waals surface area contributed by atoms with Crippen LogP contribution < -0.4 is 15.2 Å². The Bertz CT molecular complexity index is 432. The van der Waals surface area contributed by atoms with Crippen molar-refractivity contribution >= 4 is 11.5 Å². The lowest BCUT2D eigenvalue weighted by Crippen LogP contribution is -2.18. The fourth-order valence-corrected chi connectivity index (χ4v) is 1.40. The van der Waals surface area contributed by atoms with Crippen molar-refractivity contribution in [1.29, 1.82) is 0 Å².